The molecule has 1 aliphatic heterocycles. The first kappa shape index (κ1) is 13.1. The summed E-state index contributed by atoms with van der Waals surface area (Å²) in [4.78, 5) is 16.3. The molecule has 0 spiro atoms. The Morgan fingerprint density at radius 2 is 2.37 bits per heavy atom. The minimum Gasteiger partial charge on any atom is -0.354 e. The molecule has 1 saturated carbocycles. The predicted molar refractivity (Wildman–Crippen MR) is 76.1 cm³/mol. The summed E-state index contributed by atoms with van der Waals surface area (Å²) in [5.41, 5.74) is 2.90. The van der Waals surface area contributed by atoms with E-state index in [1.54, 1.807) is 11.3 Å². The average molecular weight is 279 g/mol. The third-order valence-electron chi connectivity index (χ3n) is 4.34. The van der Waals surface area contributed by atoms with E-state index in [0.717, 1.165) is 24.5 Å². The second-order valence-electron chi connectivity index (χ2n) is 5.63. The summed E-state index contributed by atoms with van der Waals surface area (Å²) < 4.78 is 0. The Morgan fingerprint density at radius 1 is 1.47 bits per heavy atom. The van der Waals surface area contributed by atoms with Gasteiger partial charge in [-0.15, -0.1) is 11.3 Å². The van der Waals surface area contributed by atoms with Crippen molar-refractivity contribution in [1.29, 1.82) is 0 Å². The average Bonchev–Trinajstić information content (AvgIpc) is 3.07. The number of fused-ring (bicyclic) bond motifs is 1. The van der Waals surface area contributed by atoms with E-state index in [1.165, 1.54) is 25.7 Å². The Balaban J connectivity index is 1.43. The van der Waals surface area contributed by atoms with Gasteiger partial charge in [0.2, 0.25) is 5.91 Å². The molecule has 3 unspecified atom stereocenters. The molecule has 2 aliphatic rings. The van der Waals surface area contributed by atoms with Crippen LogP contribution in [0.25, 0.3) is 0 Å². The number of rotatable bonds is 4. The highest BCUT2D eigenvalue weighted by atomic mass is 32.1. The molecule has 3 atom stereocenters. The molecule has 0 bridgehead atoms. The lowest BCUT2D eigenvalue weighted by Crippen LogP contribution is -2.43. The highest BCUT2D eigenvalue weighted by Gasteiger charge is 2.37. The second-order valence-corrected chi connectivity index (χ2v) is 6.35. The zero-order valence-corrected chi connectivity index (χ0v) is 11.9. The standard InChI is InChI=1S/C14H21N3OS/c18-14(15-6-5-11-8-19-9-16-11)13-7-10-3-1-2-4-12(10)17-13/h8-10,12-13,17H,1-7H2,(H,15,18). The van der Waals surface area contributed by atoms with Crippen LogP contribution in [0.2, 0.25) is 0 Å². The lowest BCUT2D eigenvalue weighted by molar-refractivity contribution is -0.122. The maximum atomic E-state index is 12.1. The predicted octanol–water partition coefficient (Wildman–Crippen LogP) is 1.72. The SMILES string of the molecule is O=C(NCCc1cscn1)C1CC2CCCCC2N1. The molecule has 2 N–H and O–H groups in total. The Labute approximate surface area is 118 Å². The lowest BCUT2D eigenvalue weighted by Gasteiger charge is -2.24. The first-order chi connectivity index (χ1) is 9.33. The Morgan fingerprint density at radius 3 is 3.16 bits per heavy atom. The third kappa shape index (κ3) is 3.15. The van der Waals surface area contributed by atoms with Gasteiger partial charge in [-0.05, 0) is 25.2 Å². The maximum absolute atomic E-state index is 12.1. The van der Waals surface area contributed by atoms with Gasteiger partial charge in [0.05, 0.1) is 17.2 Å². The first-order valence-electron chi connectivity index (χ1n) is 7.24. The molecule has 1 aromatic heterocycles. The van der Waals surface area contributed by atoms with Crippen LogP contribution in [0.5, 0.6) is 0 Å². The minimum atomic E-state index is 0.0310. The minimum absolute atomic E-state index is 0.0310. The topological polar surface area (TPSA) is 54.0 Å². The quantitative estimate of drug-likeness (QED) is 0.882. The van der Waals surface area contributed by atoms with Crippen molar-refractivity contribution in [3.8, 4) is 0 Å². The van der Waals surface area contributed by atoms with E-state index in [-0.39, 0.29) is 11.9 Å². The van der Waals surface area contributed by atoms with Crippen LogP contribution in [0.4, 0.5) is 0 Å². The van der Waals surface area contributed by atoms with Crippen molar-refractivity contribution in [3.05, 3.63) is 16.6 Å². The molecule has 1 saturated heterocycles. The molecule has 5 heteroatoms. The number of amides is 1. The van der Waals surface area contributed by atoms with Gasteiger partial charge in [0.25, 0.3) is 0 Å². The van der Waals surface area contributed by atoms with Gasteiger partial charge in [-0.1, -0.05) is 12.8 Å². The zero-order valence-electron chi connectivity index (χ0n) is 11.1. The second kappa shape index (κ2) is 6.01. The van der Waals surface area contributed by atoms with Crippen LogP contribution in [0, 0.1) is 5.92 Å². The Hall–Kier alpha value is -0.940. The fraction of sp³-hybridized carbons (Fsp3) is 0.714. The largest absolute Gasteiger partial charge is 0.354 e. The van der Waals surface area contributed by atoms with Gasteiger partial charge in [-0.3, -0.25) is 4.79 Å². The first-order valence-corrected chi connectivity index (χ1v) is 8.18. The number of aromatic nitrogens is 1. The number of carbonyl (C=O) groups is 1. The van der Waals surface area contributed by atoms with E-state index in [0.29, 0.717) is 12.6 Å². The zero-order chi connectivity index (χ0) is 13.1. The normalized spacial score (nSPS) is 30.0. The fourth-order valence-corrected chi connectivity index (χ4v) is 3.91. The van der Waals surface area contributed by atoms with Gasteiger partial charge in [0.1, 0.15) is 0 Å². The highest BCUT2D eigenvalue weighted by Crippen LogP contribution is 2.33. The number of nitrogens with one attached hydrogen (secondary N) is 2. The van der Waals surface area contributed by atoms with Crippen molar-refractivity contribution < 1.29 is 4.79 Å². The smallest absolute Gasteiger partial charge is 0.237 e. The summed E-state index contributed by atoms with van der Waals surface area (Å²) >= 11 is 1.60. The molecule has 3 rings (SSSR count). The lowest BCUT2D eigenvalue weighted by atomic mass is 9.85. The summed E-state index contributed by atoms with van der Waals surface area (Å²) in [5, 5.41) is 8.58. The molecule has 1 aliphatic carbocycles. The number of carbonyl (C=O) groups excluding carboxylic acids is 1. The number of hydrogen-bond acceptors (Lipinski definition) is 4. The van der Waals surface area contributed by atoms with Gasteiger partial charge in [0.15, 0.2) is 0 Å². The van der Waals surface area contributed by atoms with Crippen LogP contribution in [0.1, 0.15) is 37.8 Å². The number of nitrogens with zero attached hydrogens (tertiary/aromatic N) is 1. The molecule has 104 valence electrons. The van der Waals surface area contributed by atoms with Gasteiger partial charge in [-0.2, -0.15) is 0 Å². The van der Waals surface area contributed by atoms with Gasteiger partial charge in [-0.25, -0.2) is 4.98 Å². The van der Waals surface area contributed by atoms with Crippen LogP contribution in [-0.4, -0.2) is 29.5 Å². The number of hydrogen-bond donors (Lipinski definition) is 2. The molecular formula is C14H21N3OS. The monoisotopic (exact) mass is 279 g/mol. The van der Waals surface area contributed by atoms with E-state index >= 15 is 0 Å². The van der Waals surface area contributed by atoms with Crippen molar-refractivity contribution in [2.45, 2.75) is 50.6 Å². The number of thiazole rings is 1. The third-order valence-corrected chi connectivity index (χ3v) is 4.98. The van der Waals surface area contributed by atoms with Crippen LogP contribution in [-0.2, 0) is 11.2 Å². The van der Waals surface area contributed by atoms with E-state index in [1.807, 2.05) is 10.9 Å². The molecular weight excluding hydrogens is 258 g/mol. The summed E-state index contributed by atoms with van der Waals surface area (Å²) in [7, 11) is 0. The van der Waals surface area contributed by atoms with E-state index < -0.39 is 0 Å². The summed E-state index contributed by atoms with van der Waals surface area (Å²) in [5.74, 6) is 0.896. The van der Waals surface area contributed by atoms with Crippen molar-refractivity contribution >= 4 is 17.2 Å². The molecule has 2 fully saturated rings. The summed E-state index contributed by atoms with van der Waals surface area (Å²) in [6, 6.07) is 0.617. The molecule has 4 nitrogen and oxygen atoms in total. The van der Waals surface area contributed by atoms with Gasteiger partial charge < -0.3 is 10.6 Å². The molecule has 0 radical (unpaired) electrons. The van der Waals surface area contributed by atoms with Crippen LogP contribution in [0.3, 0.4) is 0 Å². The maximum Gasteiger partial charge on any atom is 0.237 e. The highest BCUT2D eigenvalue weighted by molar-refractivity contribution is 7.07. The molecule has 1 amide bonds. The van der Waals surface area contributed by atoms with E-state index in [4.69, 9.17) is 0 Å². The Kier molecular flexibility index (Phi) is 4.13. The van der Waals surface area contributed by atoms with Crippen LogP contribution >= 0.6 is 11.3 Å². The summed E-state index contributed by atoms with van der Waals surface area (Å²) in [6.07, 6.45) is 7.03. The van der Waals surface area contributed by atoms with Crippen LogP contribution in [0.15, 0.2) is 10.9 Å². The van der Waals surface area contributed by atoms with Crippen molar-refractivity contribution in [2.75, 3.05) is 6.54 Å². The van der Waals surface area contributed by atoms with Crippen molar-refractivity contribution in [2.24, 2.45) is 5.92 Å². The molecule has 2 heterocycles. The molecule has 0 aromatic carbocycles. The molecule has 1 aromatic rings. The van der Waals surface area contributed by atoms with Crippen molar-refractivity contribution in [3.63, 3.8) is 0 Å². The van der Waals surface area contributed by atoms with Crippen molar-refractivity contribution in [1.82, 2.24) is 15.6 Å². The van der Waals surface area contributed by atoms with Gasteiger partial charge in [0, 0.05) is 24.4 Å². The fourth-order valence-electron chi connectivity index (χ4n) is 3.32. The van der Waals surface area contributed by atoms with Gasteiger partial charge >= 0.3 is 0 Å². The summed E-state index contributed by atoms with van der Waals surface area (Å²) in [6.45, 7) is 0.691. The van der Waals surface area contributed by atoms with E-state index in [2.05, 4.69) is 15.6 Å². The Bertz CT molecular complexity index is 406. The molecule has 19 heavy (non-hydrogen) atoms. The van der Waals surface area contributed by atoms with E-state index in [9.17, 15) is 4.79 Å². The van der Waals surface area contributed by atoms with Crippen LogP contribution < -0.4 is 10.6 Å².